The average Bonchev–Trinajstić information content (AvgIpc) is 2.20. The smallest absolute Gasteiger partial charge is 0.193 e. The van der Waals surface area contributed by atoms with Gasteiger partial charge in [0.1, 0.15) is 0 Å². The summed E-state index contributed by atoms with van der Waals surface area (Å²) in [5.41, 5.74) is 2.58. The van der Waals surface area contributed by atoms with Crippen LogP contribution < -0.4 is 5.43 Å². The predicted octanol–water partition coefficient (Wildman–Crippen LogP) is 2.58. The third-order valence-corrected chi connectivity index (χ3v) is 2.55. The quantitative estimate of drug-likeness (QED) is 0.717. The van der Waals surface area contributed by atoms with Gasteiger partial charge in [-0.1, -0.05) is 11.6 Å². The number of hydrogen-bond donors (Lipinski definition) is 1. The van der Waals surface area contributed by atoms with E-state index >= 15 is 0 Å². The summed E-state index contributed by atoms with van der Waals surface area (Å²) in [6, 6.07) is 5.76. The minimum atomic E-state index is 0.0254. The summed E-state index contributed by atoms with van der Waals surface area (Å²) in [4.78, 5) is 14.9. The number of aromatic amines is 1. The Kier molecular flexibility index (Phi) is 2.30. The van der Waals surface area contributed by atoms with Crippen LogP contribution in [0.25, 0.3) is 10.9 Å². The maximum absolute atomic E-state index is 11.8. The summed E-state index contributed by atoms with van der Waals surface area (Å²) in [6.07, 6.45) is 1.67. The SMILES string of the molecule is Cc1ccc2[nH]cc(CCl)c(=O)c2c1. The molecule has 1 heterocycles. The topological polar surface area (TPSA) is 32.9 Å². The Morgan fingerprint density at radius 2 is 2.21 bits per heavy atom. The second-order valence-corrected chi connectivity index (χ2v) is 3.59. The molecule has 1 N–H and O–H groups in total. The zero-order chi connectivity index (χ0) is 10.1. The summed E-state index contributed by atoms with van der Waals surface area (Å²) in [6.45, 7) is 1.96. The van der Waals surface area contributed by atoms with Crippen LogP contribution in [0, 0.1) is 6.92 Å². The van der Waals surface area contributed by atoms with Crippen molar-refractivity contribution in [2.24, 2.45) is 0 Å². The van der Waals surface area contributed by atoms with Gasteiger partial charge in [-0.15, -0.1) is 11.6 Å². The van der Waals surface area contributed by atoms with Gasteiger partial charge in [-0.2, -0.15) is 0 Å². The third kappa shape index (κ3) is 1.42. The van der Waals surface area contributed by atoms with Gasteiger partial charge in [-0.05, 0) is 19.1 Å². The lowest BCUT2D eigenvalue weighted by Gasteiger charge is -2.01. The first kappa shape index (κ1) is 9.28. The normalized spacial score (nSPS) is 10.7. The van der Waals surface area contributed by atoms with E-state index in [-0.39, 0.29) is 11.3 Å². The highest BCUT2D eigenvalue weighted by atomic mass is 35.5. The van der Waals surface area contributed by atoms with Gasteiger partial charge in [0.25, 0.3) is 0 Å². The Morgan fingerprint density at radius 3 is 2.93 bits per heavy atom. The van der Waals surface area contributed by atoms with Crippen molar-refractivity contribution in [1.29, 1.82) is 0 Å². The van der Waals surface area contributed by atoms with Crippen molar-refractivity contribution in [3.63, 3.8) is 0 Å². The Morgan fingerprint density at radius 1 is 1.43 bits per heavy atom. The molecule has 0 saturated heterocycles. The molecule has 72 valence electrons. The molecule has 3 heteroatoms. The molecule has 0 aliphatic carbocycles. The number of H-pyrrole nitrogens is 1. The van der Waals surface area contributed by atoms with Crippen LogP contribution in [-0.4, -0.2) is 4.98 Å². The molecule has 2 nitrogen and oxygen atoms in total. The van der Waals surface area contributed by atoms with E-state index < -0.39 is 0 Å². The number of aromatic nitrogens is 1. The van der Waals surface area contributed by atoms with Gasteiger partial charge in [0.05, 0.1) is 5.88 Å². The molecule has 14 heavy (non-hydrogen) atoms. The van der Waals surface area contributed by atoms with Gasteiger partial charge in [0, 0.05) is 22.7 Å². The molecular weight excluding hydrogens is 198 g/mol. The summed E-state index contributed by atoms with van der Waals surface area (Å²) in [5, 5.41) is 0.711. The molecule has 0 fully saturated rings. The van der Waals surface area contributed by atoms with E-state index in [9.17, 15) is 4.79 Å². The zero-order valence-electron chi connectivity index (χ0n) is 7.80. The molecule has 0 bridgehead atoms. The van der Waals surface area contributed by atoms with E-state index in [4.69, 9.17) is 11.6 Å². The Labute approximate surface area is 86.5 Å². The van der Waals surface area contributed by atoms with Crippen LogP contribution >= 0.6 is 11.6 Å². The number of fused-ring (bicyclic) bond motifs is 1. The molecule has 0 aliphatic heterocycles. The average molecular weight is 208 g/mol. The van der Waals surface area contributed by atoms with Crippen molar-refractivity contribution in [3.8, 4) is 0 Å². The van der Waals surface area contributed by atoms with Crippen LogP contribution in [0.2, 0.25) is 0 Å². The number of benzene rings is 1. The van der Waals surface area contributed by atoms with Gasteiger partial charge < -0.3 is 4.98 Å². The first-order chi connectivity index (χ1) is 6.72. The van der Waals surface area contributed by atoms with Crippen LogP contribution in [-0.2, 0) is 5.88 Å². The molecule has 0 radical (unpaired) electrons. The minimum Gasteiger partial charge on any atom is -0.361 e. The fourth-order valence-electron chi connectivity index (χ4n) is 1.47. The van der Waals surface area contributed by atoms with E-state index in [2.05, 4.69) is 4.98 Å². The Bertz CT molecular complexity index is 530. The minimum absolute atomic E-state index is 0.0254. The van der Waals surface area contributed by atoms with Crippen molar-refractivity contribution in [2.75, 3.05) is 0 Å². The van der Waals surface area contributed by atoms with E-state index in [0.29, 0.717) is 10.9 Å². The molecule has 1 aromatic carbocycles. The van der Waals surface area contributed by atoms with Crippen molar-refractivity contribution in [1.82, 2.24) is 4.98 Å². The van der Waals surface area contributed by atoms with E-state index in [0.717, 1.165) is 11.1 Å². The lowest BCUT2D eigenvalue weighted by atomic mass is 10.1. The van der Waals surface area contributed by atoms with Crippen molar-refractivity contribution in [2.45, 2.75) is 12.8 Å². The third-order valence-electron chi connectivity index (χ3n) is 2.26. The number of halogens is 1. The lowest BCUT2D eigenvalue weighted by Crippen LogP contribution is -2.08. The number of nitrogens with one attached hydrogen (secondary N) is 1. The molecule has 0 aliphatic rings. The van der Waals surface area contributed by atoms with Gasteiger partial charge in [-0.3, -0.25) is 4.79 Å². The fourth-order valence-corrected chi connectivity index (χ4v) is 1.67. The zero-order valence-corrected chi connectivity index (χ0v) is 8.56. The molecule has 2 rings (SSSR count). The highest BCUT2D eigenvalue weighted by molar-refractivity contribution is 6.17. The second-order valence-electron chi connectivity index (χ2n) is 3.33. The number of alkyl halides is 1. The maximum Gasteiger partial charge on any atom is 0.193 e. The van der Waals surface area contributed by atoms with E-state index in [1.54, 1.807) is 6.20 Å². The van der Waals surface area contributed by atoms with Crippen molar-refractivity contribution in [3.05, 3.63) is 45.7 Å². The number of pyridine rings is 1. The van der Waals surface area contributed by atoms with Gasteiger partial charge in [0.15, 0.2) is 5.43 Å². The summed E-state index contributed by atoms with van der Waals surface area (Å²) >= 11 is 5.65. The Hall–Kier alpha value is -1.28. The maximum atomic E-state index is 11.8. The first-order valence-electron chi connectivity index (χ1n) is 4.39. The summed E-state index contributed by atoms with van der Waals surface area (Å²) in [5.74, 6) is 0.249. The van der Waals surface area contributed by atoms with Crippen molar-refractivity contribution < 1.29 is 0 Å². The Balaban J connectivity index is 2.87. The van der Waals surface area contributed by atoms with Crippen LogP contribution in [0.3, 0.4) is 0 Å². The van der Waals surface area contributed by atoms with Gasteiger partial charge in [-0.25, -0.2) is 0 Å². The van der Waals surface area contributed by atoms with Crippen LogP contribution in [0.1, 0.15) is 11.1 Å². The lowest BCUT2D eigenvalue weighted by molar-refractivity contribution is 1.26. The summed E-state index contributed by atoms with van der Waals surface area (Å²) < 4.78 is 0. The molecule has 0 atom stereocenters. The highest BCUT2D eigenvalue weighted by Gasteiger charge is 2.03. The van der Waals surface area contributed by atoms with Crippen LogP contribution in [0.4, 0.5) is 0 Å². The van der Waals surface area contributed by atoms with E-state index in [1.165, 1.54) is 0 Å². The summed E-state index contributed by atoms with van der Waals surface area (Å²) in [7, 11) is 0. The molecule has 2 aromatic rings. The fraction of sp³-hybridized carbons (Fsp3) is 0.182. The highest BCUT2D eigenvalue weighted by Crippen LogP contribution is 2.10. The van der Waals surface area contributed by atoms with Crippen LogP contribution in [0.15, 0.2) is 29.2 Å². The largest absolute Gasteiger partial charge is 0.361 e. The number of hydrogen-bond acceptors (Lipinski definition) is 1. The first-order valence-corrected chi connectivity index (χ1v) is 4.92. The van der Waals surface area contributed by atoms with Crippen LogP contribution in [0.5, 0.6) is 0 Å². The van der Waals surface area contributed by atoms with E-state index in [1.807, 2.05) is 25.1 Å². The molecule has 0 saturated carbocycles. The van der Waals surface area contributed by atoms with Gasteiger partial charge in [0.2, 0.25) is 0 Å². The standard InChI is InChI=1S/C11H10ClNO/c1-7-2-3-10-9(4-7)11(14)8(5-12)6-13-10/h2-4,6H,5H2,1H3,(H,13,14). The molecule has 0 spiro atoms. The monoisotopic (exact) mass is 207 g/mol. The molecule has 0 amide bonds. The van der Waals surface area contributed by atoms with Gasteiger partial charge >= 0.3 is 0 Å². The predicted molar refractivity (Wildman–Crippen MR) is 58.9 cm³/mol. The molecular formula is C11H10ClNO. The number of rotatable bonds is 1. The molecule has 1 aromatic heterocycles. The second kappa shape index (κ2) is 3.46. The number of aryl methyl sites for hydroxylation is 1. The van der Waals surface area contributed by atoms with Crippen molar-refractivity contribution >= 4 is 22.5 Å². The molecule has 0 unspecified atom stereocenters.